The third-order valence-corrected chi connectivity index (χ3v) is 2.61. The minimum absolute atomic E-state index is 0.276. The molecule has 0 aliphatic heterocycles. The van der Waals surface area contributed by atoms with Gasteiger partial charge >= 0.3 is 0 Å². The number of benzene rings is 1. The SMILES string of the molecule is CNC(CN)c1ccc(CC(C)C)cc1. The van der Waals surface area contributed by atoms with Crippen molar-refractivity contribution < 1.29 is 0 Å². The second-order valence-electron chi connectivity index (χ2n) is 4.42. The van der Waals surface area contributed by atoms with E-state index in [2.05, 4.69) is 43.4 Å². The van der Waals surface area contributed by atoms with Crippen LogP contribution in [0.4, 0.5) is 0 Å². The van der Waals surface area contributed by atoms with Gasteiger partial charge in [0.1, 0.15) is 0 Å². The van der Waals surface area contributed by atoms with Crippen molar-refractivity contribution >= 4 is 0 Å². The molecule has 0 aromatic heterocycles. The quantitative estimate of drug-likeness (QED) is 0.774. The molecule has 0 bridgehead atoms. The number of rotatable bonds is 5. The second kappa shape index (κ2) is 5.89. The van der Waals surface area contributed by atoms with Crippen molar-refractivity contribution in [1.29, 1.82) is 0 Å². The van der Waals surface area contributed by atoms with Crippen molar-refractivity contribution in [3.63, 3.8) is 0 Å². The van der Waals surface area contributed by atoms with Gasteiger partial charge in [0.2, 0.25) is 0 Å². The zero-order chi connectivity index (χ0) is 11.3. The fourth-order valence-electron chi connectivity index (χ4n) is 1.78. The normalized spacial score (nSPS) is 13.1. The van der Waals surface area contributed by atoms with Crippen LogP contribution in [0, 0.1) is 5.92 Å². The predicted molar refractivity (Wildman–Crippen MR) is 65.8 cm³/mol. The molecule has 3 N–H and O–H groups in total. The lowest BCUT2D eigenvalue weighted by Crippen LogP contribution is -2.24. The van der Waals surface area contributed by atoms with Crippen molar-refractivity contribution in [1.82, 2.24) is 5.32 Å². The van der Waals surface area contributed by atoms with Crippen LogP contribution in [0.25, 0.3) is 0 Å². The highest BCUT2D eigenvalue weighted by Gasteiger charge is 2.06. The standard InChI is InChI=1S/C13H22N2/c1-10(2)8-11-4-6-12(7-5-11)13(9-14)15-3/h4-7,10,13,15H,8-9,14H2,1-3H3. The van der Waals surface area contributed by atoms with Gasteiger partial charge in [-0.1, -0.05) is 38.1 Å². The van der Waals surface area contributed by atoms with Crippen LogP contribution in [0.2, 0.25) is 0 Å². The monoisotopic (exact) mass is 206 g/mol. The minimum Gasteiger partial charge on any atom is -0.329 e. The summed E-state index contributed by atoms with van der Waals surface area (Å²) in [5.74, 6) is 0.713. The van der Waals surface area contributed by atoms with Gasteiger partial charge in [0.15, 0.2) is 0 Å². The number of hydrogen-bond donors (Lipinski definition) is 2. The molecule has 0 radical (unpaired) electrons. The first-order valence-corrected chi connectivity index (χ1v) is 5.63. The second-order valence-corrected chi connectivity index (χ2v) is 4.42. The van der Waals surface area contributed by atoms with E-state index in [9.17, 15) is 0 Å². The van der Waals surface area contributed by atoms with E-state index in [4.69, 9.17) is 5.73 Å². The zero-order valence-electron chi connectivity index (χ0n) is 9.96. The molecule has 1 aromatic rings. The molecule has 1 rings (SSSR count). The summed E-state index contributed by atoms with van der Waals surface area (Å²) in [5.41, 5.74) is 8.35. The lowest BCUT2D eigenvalue weighted by molar-refractivity contribution is 0.604. The van der Waals surface area contributed by atoms with E-state index in [0.29, 0.717) is 12.5 Å². The average molecular weight is 206 g/mol. The Morgan fingerprint density at radius 2 is 1.80 bits per heavy atom. The van der Waals surface area contributed by atoms with Gasteiger partial charge < -0.3 is 11.1 Å². The molecule has 2 nitrogen and oxygen atoms in total. The first-order chi connectivity index (χ1) is 7.17. The molecular formula is C13H22N2. The van der Waals surface area contributed by atoms with Crippen molar-refractivity contribution in [2.45, 2.75) is 26.3 Å². The number of likely N-dealkylation sites (N-methyl/N-ethyl adjacent to an activating group) is 1. The zero-order valence-corrected chi connectivity index (χ0v) is 9.96. The third kappa shape index (κ3) is 3.65. The Kier molecular flexibility index (Phi) is 4.79. The first-order valence-electron chi connectivity index (χ1n) is 5.63. The van der Waals surface area contributed by atoms with Crippen LogP contribution in [-0.2, 0) is 6.42 Å². The van der Waals surface area contributed by atoms with Crippen LogP contribution in [0.1, 0.15) is 31.0 Å². The van der Waals surface area contributed by atoms with Crippen LogP contribution in [0.15, 0.2) is 24.3 Å². The molecule has 15 heavy (non-hydrogen) atoms. The molecule has 0 aliphatic rings. The maximum atomic E-state index is 5.67. The topological polar surface area (TPSA) is 38.0 Å². The van der Waals surface area contributed by atoms with E-state index in [-0.39, 0.29) is 6.04 Å². The van der Waals surface area contributed by atoms with E-state index < -0.39 is 0 Å². The molecule has 0 aliphatic carbocycles. The summed E-state index contributed by atoms with van der Waals surface area (Å²) in [7, 11) is 1.94. The largest absolute Gasteiger partial charge is 0.329 e. The van der Waals surface area contributed by atoms with Crippen molar-refractivity contribution in [2.24, 2.45) is 11.7 Å². The van der Waals surface area contributed by atoms with Crippen LogP contribution in [0.3, 0.4) is 0 Å². The smallest absolute Gasteiger partial charge is 0.0442 e. The Balaban J connectivity index is 2.71. The Morgan fingerprint density at radius 3 is 2.20 bits per heavy atom. The van der Waals surface area contributed by atoms with Gasteiger partial charge in [-0.15, -0.1) is 0 Å². The molecule has 0 heterocycles. The molecule has 0 spiro atoms. The number of nitrogens with one attached hydrogen (secondary N) is 1. The summed E-state index contributed by atoms with van der Waals surface area (Å²) in [6, 6.07) is 9.03. The van der Waals surface area contributed by atoms with Gasteiger partial charge in [-0.2, -0.15) is 0 Å². The van der Waals surface area contributed by atoms with Gasteiger partial charge in [-0.3, -0.25) is 0 Å². The van der Waals surface area contributed by atoms with E-state index in [1.807, 2.05) is 7.05 Å². The molecule has 1 unspecified atom stereocenters. The molecule has 1 aromatic carbocycles. The van der Waals surface area contributed by atoms with Crippen molar-refractivity contribution in [3.05, 3.63) is 35.4 Å². The van der Waals surface area contributed by atoms with E-state index in [1.165, 1.54) is 11.1 Å². The van der Waals surface area contributed by atoms with Gasteiger partial charge in [0.05, 0.1) is 0 Å². The van der Waals surface area contributed by atoms with Gasteiger partial charge in [-0.05, 0) is 30.5 Å². The maximum Gasteiger partial charge on any atom is 0.0442 e. The molecule has 0 saturated heterocycles. The Bertz CT molecular complexity index is 273. The van der Waals surface area contributed by atoms with Crippen molar-refractivity contribution in [3.8, 4) is 0 Å². The third-order valence-electron chi connectivity index (χ3n) is 2.61. The fraction of sp³-hybridized carbons (Fsp3) is 0.538. The van der Waals surface area contributed by atoms with Crippen LogP contribution in [0.5, 0.6) is 0 Å². The summed E-state index contributed by atoms with van der Waals surface area (Å²) in [6.45, 7) is 5.12. The Labute approximate surface area is 92.9 Å². The molecular weight excluding hydrogens is 184 g/mol. The highest BCUT2D eigenvalue weighted by Crippen LogP contribution is 2.14. The highest BCUT2D eigenvalue weighted by atomic mass is 14.9. The van der Waals surface area contributed by atoms with Crippen LogP contribution < -0.4 is 11.1 Å². The van der Waals surface area contributed by atoms with E-state index >= 15 is 0 Å². The summed E-state index contributed by atoms with van der Waals surface area (Å²) in [4.78, 5) is 0. The van der Waals surface area contributed by atoms with E-state index in [0.717, 1.165) is 6.42 Å². The molecule has 0 amide bonds. The lowest BCUT2D eigenvalue weighted by atomic mass is 9.99. The molecule has 84 valence electrons. The lowest BCUT2D eigenvalue weighted by Gasteiger charge is -2.14. The van der Waals surface area contributed by atoms with Crippen LogP contribution in [-0.4, -0.2) is 13.6 Å². The Hall–Kier alpha value is -0.860. The first kappa shape index (κ1) is 12.2. The molecule has 0 saturated carbocycles. The fourth-order valence-corrected chi connectivity index (χ4v) is 1.78. The summed E-state index contributed by atoms with van der Waals surface area (Å²) in [5, 5.41) is 3.20. The highest BCUT2D eigenvalue weighted by molar-refractivity contribution is 5.25. The van der Waals surface area contributed by atoms with E-state index in [1.54, 1.807) is 0 Å². The Morgan fingerprint density at radius 1 is 1.20 bits per heavy atom. The minimum atomic E-state index is 0.276. The van der Waals surface area contributed by atoms with Crippen LogP contribution >= 0.6 is 0 Å². The summed E-state index contributed by atoms with van der Waals surface area (Å²) in [6.07, 6.45) is 1.15. The maximum absolute atomic E-state index is 5.67. The molecule has 1 atom stereocenters. The summed E-state index contributed by atoms with van der Waals surface area (Å²) >= 11 is 0. The van der Waals surface area contributed by atoms with Gasteiger partial charge in [-0.25, -0.2) is 0 Å². The van der Waals surface area contributed by atoms with Gasteiger partial charge in [0, 0.05) is 12.6 Å². The number of hydrogen-bond acceptors (Lipinski definition) is 2. The average Bonchev–Trinajstić information content (AvgIpc) is 2.21. The van der Waals surface area contributed by atoms with Crippen molar-refractivity contribution in [2.75, 3.05) is 13.6 Å². The summed E-state index contributed by atoms with van der Waals surface area (Å²) < 4.78 is 0. The van der Waals surface area contributed by atoms with Gasteiger partial charge in [0.25, 0.3) is 0 Å². The molecule has 0 fully saturated rings. The molecule has 2 heteroatoms. The number of nitrogens with two attached hydrogens (primary N) is 1. The predicted octanol–water partition coefficient (Wildman–Crippen LogP) is 2.10.